The molecule has 0 bridgehead atoms. The molecule has 2 aliphatic carbocycles. The Bertz CT molecular complexity index is 1640. The van der Waals surface area contributed by atoms with E-state index in [1.807, 2.05) is 18.5 Å². The number of pyridine rings is 2. The lowest BCUT2D eigenvalue weighted by Gasteiger charge is -2.35. The van der Waals surface area contributed by atoms with E-state index >= 15 is 0 Å². The molecule has 2 N–H and O–H groups in total. The van der Waals surface area contributed by atoms with Crippen LogP contribution in [-0.2, 0) is 42.9 Å². The van der Waals surface area contributed by atoms with Gasteiger partial charge in [-0.15, -0.1) is 0 Å². The van der Waals surface area contributed by atoms with E-state index in [0.717, 1.165) is 84.2 Å². The minimum absolute atomic E-state index is 0.0560. The summed E-state index contributed by atoms with van der Waals surface area (Å²) in [6, 6.07) is 21.4. The van der Waals surface area contributed by atoms with Crippen molar-refractivity contribution >= 4 is 5.91 Å². The van der Waals surface area contributed by atoms with Crippen LogP contribution in [0.4, 0.5) is 0 Å². The van der Waals surface area contributed by atoms with Crippen molar-refractivity contribution in [3.05, 3.63) is 129 Å². The molecule has 2 heterocycles. The van der Waals surface area contributed by atoms with Gasteiger partial charge in [-0.25, -0.2) is 0 Å². The highest BCUT2D eigenvalue weighted by Gasteiger charge is 2.42. The molecule has 6 nitrogen and oxygen atoms in total. The number of rotatable bonds is 10. The third kappa shape index (κ3) is 6.73. The summed E-state index contributed by atoms with van der Waals surface area (Å²) < 4.78 is 0. The molecule has 45 heavy (non-hydrogen) atoms. The predicted octanol–water partition coefficient (Wildman–Crippen LogP) is 7.10. The fourth-order valence-electron chi connectivity index (χ4n) is 7.48. The van der Waals surface area contributed by atoms with E-state index in [-0.39, 0.29) is 18.6 Å². The lowest BCUT2D eigenvalue weighted by atomic mass is 9.77. The van der Waals surface area contributed by atoms with Crippen LogP contribution in [0.25, 0.3) is 0 Å². The van der Waals surface area contributed by atoms with Crippen molar-refractivity contribution in [3.63, 3.8) is 0 Å². The van der Waals surface area contributed by atoms with Crippen LogP contribution >= 0.6 is 0 Å². The first kappa shape index (κ1) is 31.1. The monoisotopic (exact) mass is 602 g/mol. The van der Waals surface area contributed by atoms with Crippen molar-refractivity contribution in [2.24, 2.45) is 0 Å². The fourth-order valence-corrected chi connectivity index (χ4v) is 7.48. The van der Waals surface area contributed by atoms with Gasteiger partial charge in [-0.2, -0.15) is 0 Å². The molecule has 1 amide bonds. The molecule has 2 aromatic heterocycles. The largest absolute Gasteiger partial charge is 0.392 e. The van der Waals surface area contributed by atoms with Crippen molar-refractivity contribution in [2.45, 2.75) is 103 Å². The van der Waals surface area contributed by atoms with Crippen LogP contribution in [0, 0.1) is 20.8 Å². The van der Waals surface area contributed by atoms with Gasteiger partial charge in [0.2, 0.25) is 5.91 Å². The predicted molar refractivity (Wildman–Crippen MR) is 178 cm³/mol. The van der Waals surface area contributed by atoms with E-state index < -0.39 is 5.41 Å². The highest BCUT2D eigenvalue weighted by atomic mass is 16.3. The van der Waals surface area contributed by atoms with Crippen LogP contribution in [0.3, 0.4) is 0 Å². The first-order valence-electron chi connectivity index (χ1n) is 16.5. The summed E-state index contributed by atoms with van der Waals surface area (Å²) in [5, 5.41) is 13.8. The summed E-state index contributed by atoms with van der Waals surface area (Å²) >= 11 is 0. The fraction of sp³-hybridized carbons (Fsp3) is 0.410. The molecule has 0 aliphatic heterocycles. The zero-order valence-electron chi connectivity index (χ0n) is 27.0. The van der Waals surface area contributed by atoms with E-state index in [0.29, 0.717) is 19.6 Å². The van der Waals surface area contributed by atoms with Gasteiger partial charge in [-0.05, 0) is 97.9 Å². The molecule has 4 aromatic rings. The van der Waals surface area contributed by atoms with Gasteiger partial charge in [-0.1, -0.05) is 73.0 Å². The minimum atomic E-state index is -0.458. The number of aliphatic hydroxyl groups is 1. The molecule has 0 radical (unpaired) electrons. The molecule has 1 atom stereocenters. The summed E-state index contributed by atoms with van der Waals surface area (Å²) in [7, 11) is 0. The number of aliphatic hydroxyl groups excluding tert-OH is 1. The molecule has 1 fully saturated rings. The maximum absolute atomic E-state index is 13.7. The lowest BCUT2D eigenvalue weighted by molar-refractivity contribution is -0.126. The molecular formula is C39H46N4O2. The van der Waals surface area contributed by atoms with Crippen molar-refractivity contribution in [3.8, 4) is 0 Å². The summed E-state index contributed by atoms with van der Waals surface area (Å²) in [5.41, 5.74) is 10.8. The third-order valence-electron chi connectivity index (χ3n) is 10.0. The number of carbonyl (C=O) groups excluding carboxylic acids is 1. The highest BCUT2D eigenvalue weighted by molar-refractivity contribution is 5.88. The minimum Gasteiger partial charge on any atom is -0.392 e. The lowest BCUT2D eigenvalue weighted by Crippen LogP contribution is -2.42. The van der Waals surface area contributed by atoms with Crippen LogP contribution in [0.15, 0.2) is 73.1 Å². The molecule has 2 aliphatic rings. The van der Waals surface area contributed by atoms with Crippen molar-refractivity contribution < 1.29 is 9.90 Å². The molecule has 2 aromatic carbocycles. The number of nitrogens with one attached hydrogen (secondary N) is 1. The van der Waals surface area contributed by atoms with Gasteiger partial charge in [0.1, 0.15) is 0 Å². The zero-order chi connectivity index (χ0) is 31.4. The number of benzene rings is 2. The van der Waals surface area contributed by atoms with Gasteiger partial charge >= 0.3 is 0 Å². The van der Waals surface area contributed by atoms with Crippen LogP contribution in [-0.4, -0.2) is 25.9 Å². The number of hydrogen-bond acceptors (Lipinski definition) is 5. The molecule has 1 saturated carbocycles. The molecule has 0 spiro atoms. The molecule has 1 unspecified atom stereocenters. The van der Waals surface area contributed by atoms with E-state index in [9.17, 15) is 9.90 Å². The Morgan fingerprint density at radius 1 is 0.933 bits per heavy atom. The maximum atomic E-state index is 13.7. The average Bonchev–Trinajstić information content (AvgIpc) is 3.56. The highest BCUT2D eigenvalue weighted by Crippen LogP contribution is 2.41. The second kappa shape index (κ2) is 13.6. The molecule has 234 valence electrons. The second-order valence-electron chi connectivity index (χ2n) is 13.2. The Kier molecular flexibility index (Phi) is 9.43. The van der Waals surface area contributed by atoms with Gasteiger partial charge in [-0.3, -0.25) is 19.7 Å². The van der Waals surface area contributed by atoms with E-state index in [1.165, 1.54) is 16.7 Å². The molecule has 6 rings (SSSR count). The first-order valence-corrected chi connectivity index (χ1v) is 16.5. The maximum Gasteiger partial charge on any atom is 0.230 e. The van der Waals surface area contributed by atoms with E-state index in [1.54, 1.807) is 0 Å². The number of amides is 1. The van der Waals surface area contributed by atoms with Crippen molar-refractivity contribution in [1.29, 1.82) is 0 Å². The van der Waals surface area contributed by atoms with Gasteiger partial charge < -0.3 is 10.4 Å². The Balaban J connectivity index is 1.23. The Morgan fingerprint density at radius 3 is 2.49 bits per heavy atom. The topological polar surface area (TPSA) is 78.4 Å². The number of aryl methyl sites for hydroxylation is 4. The third-order valence-corrected chi connectivity index (χ3v) is 10.0. The summed E-state index contributed by atoms with van der Waals surface area (Å²) in [6.07, 6.45) is 11.0. The number of carbonyl (C=O) groups is 1. The normalized spacial score (nSPS) is 17.3. The molecule has 6 heteroatoms. The van der Waals surface area contributed by atoms with Gasteiger partial charge in [0.15, 0.2) is 0 Å². The average molecular weight is 603 g/mol. The summed E-state index contributed by atoms with van der Waals surface area (Å²) in [5.74, 6) is 0.106. The Labute approximate surface area is 267 Å². The van der Waals surface area contributed by atoms with Crippen LogP contribution in [0.5, 0.6) is 0 Å². The summed E-state index contributed by atoms with van der Waals surface area (Å²) in [6.45, 7) is 8.06. The number of fused-ring (bicyclic) bond motifs is 1. The summed E-state index contributed by atoms with van der Waals surface area (Å²) in [4.78, 5) is 25.9. The van der Waals surface area contributed by atoms with Crippen LogP contribution < -0.4 is 5.32 Å². The smallest absolute Gasteiger partial charge is 0.230 e. The SMILES string of the molecule is Cc1ccc(C2(C(=O)NCc3ccc(CN(Cc4ncc(C)cc4C)C4CCCc5cccnc54)c(CO)c3)CCCC2)cc1. The van der Waals surface area contributed by atoms with Crippen molar-refractivity contribution in [1.82, 2.24) is 20.2 Å². The van der Waals surface area contributed by atoms with Crippen LogP contribution in [0.1, 0.15) is 100 Å². The number of hydrogen-bond donors (Lipinski definition) is 2. The quantitative estimate of drug-likeness (QED) is 0.202. The van der Waals surface area contributed by atoms with Gasteiger partial charge in [0, 0.05) is 32.0 Å². The van der Waals surface area contributed by atoms with Crippen LogP contribution in [0.2, 0.25) is 0 Å². The van der Waals surface area contributed by atoms with E-state index in [4.69, 9.17) is 9.97 Å². The Hall–Kier alpha value is -3.87. The molecular weight excluding hydrogens is 556 g/mol. The Morgan fingerprint density at radius 2 is 1.73 bits per heavy atom. The number of nitrogens with zero attached hydrogens (tertiary/aromatic N) is 3. The van der Waals surface area contributed by atoms with Gasteiger partial charge in [0.05, 0.1) is 29.5 Å². The second-order valence-corrected chi connectivity index (χ2v) is 13.2. The number of aromatic nitrogens is 2. The van der Waals surface area contributed by atoms with E-state index in [2.05, 4.69) is 85.6 Å². The van der Waals surface area contributed by atoms with Crippen molar-refractivity contribution in [2.75, 3.05) is 0 Å². The molecule has 0 saturated heterocycles. The zero-order valence-corrected chi connectivity index (χ0v) is 27.0. The first-order chi connectivity index (χ1) is 21.9. The standard InChI is InChI=1S/C39H46N4O2/c1-27-11-15-34(16-12-27)39(17-4-5-18-39)38(45)42-23-30-13-14-32(33(21-30)26-44)24-43(25-35-29(3)20-28(2)22-41-35)36-10-6-8-31-9-7-19-40-37(31)36/h7,9,11-16,19-22,36,44H,4-6,8,10,17-18,23-26H2,1-3H3,(H,42,45). The van der Waals surface area contributed by atoms with Gasteiger partial charge in [0.25, 0.3) is 0 Å².